The lowest BCUT2D eigenvalue weighted by atomic mass is 9.99. The Kier molecular flexibility index (Phi) is 8.51. The summed E-state index contributed by atoms with van der Waals surface area (Å²) in [5, 5.41) is 0. The van der Waals surface area contributed by atoms with Crippen molar-refractivity contribution in [2.75, 3.05) is 13.1 Å². The van der Waals surface area contributed by atoms with E-state index < -0.39 is 0 Å². The predicted molar refractivity (Wildman–Crippen MR) is 129 cm³/mol. The minimum absolute atomic E-state index is 0.000700. The summed E-state index contributed by atoms with van der Waals surface area (Å²) in [6, 6.07) is 8.55. The molecule has 2 amide bonds. The maximum absolute atomic E-state index is 12.7. The van der Waals surface area contributed by atoms with Crippen LogP contribution in [0.5, 0.6) is 0 Å². The number of hydrogen-bond acceptors (Lipinski definition) is 4. The summed E-state index contributed by atoms with van der Waals surface area (Å²) >= 11 is 6.81. The number of likely N-dealkylation sites (tertiary alicyclic amines) is 1. The molecule has 1 atom stereocenters. The van der Waals surface area contributed by atoms with E-state index in [-0.39, 0.29) is 5.91 Å². The second-order valence-corrected chi connectivity index (χ2v) is 9.88. The van der Waals surface area contributed by atoms with Crippen LogP contribution in [-0.2, 0) is 9.59 Å². The van der Waals surface area contributed by atoms with Crippen LogP contribution in [0.4, 0.5) is 0 Å². The number of carbonyl (C=O) groups is 2. The molecule has 1 aromatic carbocycles. The second kappa shape index (κ2) is 11.1. The first kappa shape index (κ1) is 23.0. The number of hydrogen-bond donors (Lipinski definition) is 0. The number of carbonyl (C=O) groups excluding carboxylic acids is 2. The first-order valence-electron chi connectivity index (χ1n) is 11.1. The van der Waals surface area contributed by atoms with E-state index in [1.54, 1.807) is 4.90 Å². The van der Waals surface area contributed by atoms with E-state index in [0.29, 0.717) is 34.1 Å². The van der Waals surface area contributed by atoms with Crippen molar-refractivity contribution in [1.29, 1.82) is 0 Å². The maximum Gasteiger partial charge on any atom is 0.266 e. The molecular formula is C24H32N2O2S2. The lowest BCUT2D eigenvalue weighted by Gasteiger charge is -2.35. The minimum atomic E-state index is 0.000700. The normalized spacial score (nSPS) is 21.0. The molecule has 2 aliphatic rings. The van der Waals surface area contributed by atoms with Crippen LogP contribution < -0.4 is 0 Å². The highest BCUT2D eigenvalue weighted by Gasteiger charge is 2.31. The third-order valence-corrected chi connectivity index (χ3v) is 7.32. The van der Waals surface area contributed by atoms with Crippen LogP contribution >= 0.6 is 24.0 Å². The van der Waals surface area contributed by atoms with Crippen LogP contribution in [0.2, 0.25) is 0 Å². The molecule has 0 unspecified atom stereocenters. The summed E-state index contributed by atoms with van der Waals surface area (Å²) in [6.45, 7) is 5.77. The van der Waals surface area contributed by atoms with Crippen LogP contribution in [0, 0.1) is 6.92 Å². The fourth-order valence-electron chi connectivity index (χ4n) is 4.13. The van der Waals surface area contributed by atoms with Crippen LogP contribution in [0.3, 0.4) is 0 Å². The molecule has 30 heavy (non-hydrogen) atoms. The Balaban J connectivity index is 1.42. The molecule has 0 aliphatic carbocycles. The summed E-state index contributed by atoms with van der Waals surface area (Å²) in [5.74, 6) is 0.300. The topological polar surface area (TPSA) is 40.6 Å². The number of thioether (sulfide) groups is 1. The predicted octanol–water partition coefficient (Wildman–Crippen LogP) is 5.55. The fourth-order valence-corrected chi connectivity index (χ4v) is 5.44. The standard InChI is InChI=1S/C24H32N2O2S2/c1-3-20-9-6-8-15-25(20)22(27)10-5-4-7-16-26-23(28)21(30-24(26)29)17-19-13-11-18(2)12-14-19/h11-14,17,20H,3-10,15-16H2,1-2H3/b21-17-/t20-/m1/s1. The van der Waals surface area contributed by atoms with Crippen molar-refractivity contribution in [3.05, 3.63) is 40.3 Å². The third-order valence-electron chi connectivity index (χ3n) is 5.94. The highest BCUT2D eigenvalue weighted by Crippen LogP contribution is 2.32. The van der Waals surface area contributed by atoms with E-state index in [4.69, 9.17) is 12.2 Å². The van der Waals surface area contributed by atoms with Gasteiger partial charge in [0, 0.05) is 25.6 Å². The van der Waals surface area contributed by atoms with E-state index in [1.165, 1.54) is 23.7 Å². The largest absolute Gasteiger partial charge is 0.340 e. The van der Waals surface area contributed by atoms with Crippen molar-refractivity contribution < 1.29 is 9.59 Å². The molecule has 6 heteroatoms. The number of piperidine rings is 1. The van der Waals surface area contributed by atoms with Gasteiger partial charge in [0.25, 0.3) is 5.91 Å². The fraction of sp³-hybridized carbons (Fsp3) is 0.542. The summed E-state index contributed by atoms with van der Waals surface area (Å²) in [7, 11) is 0. The van der Waals surface area contributed by atoms with Gasteiger partial charge in [0.15, 0.2) is 0 Å². The number of amides is 2. The number of unbranched alkanes of at least 4 members (excludes halogenated alkanes) is 2. The van der Waals surface area contributed by atoms with Crippen LogP contribution in [0.15, 0.2) is 29.2 Å². The summed E-state index contributed by atoms with van der Waals surface area (Å²) in [4.78, 5) is 29.8. The minimum Gasteiger partial charge on any atom is -0.340 e. The Morgan fingerprint density at radius 3 is 2.70 bits per heavy atom. The van der Waals surface area contributed by atoms with Gasteiger partial charge < -0.3 is 4.90 Å². The van der Waals surface area contributed by atoms with Crippen molar-refractivity contribution >= 4 is 46.2 Å². The van der Waals surface area contributed by atoms with Crippen LogP contribution in [0.25, 0.3) is 6.08 Å². The average molecular weight is 445 g/mol. The number of benzene rings is 1. The molecule has 162 valence electrons. The van der Waals surface area contributed by atoms with Crippen molar-refractivity contribution in [3.63, 3.8) is 0 Å². The quantitative estimate of drug-likeness (QED) is 0.299. The molecule has 2 heterocycles. The lowest BCUT2D eigenvalue weighted by molar-refractivity contribution is -0.135. The van der Waals surface area contributed by atoms with Gasteiger partial charge in [-0.05, 0) is 57.1 Å². The highest BCUT2D eigenvalue weighted by atomic mass is 32.2. The number of aryl methyl sites for hydroxylation is 1. The smallest absolute Gasteiger partial charge is 0.266 e. The van der Waals surface area contributed by atoms with E-state index in [2.05, 4.69) is 11.8 Å². The van der Waals surface area contributed by atoms with Crippen molar-refractivity contribution in [2.45, 2.75) is 71.3 Å². The zero-order valence-electron chi connectivity index (χ0n) is 18.1. The molecule has 0 radical (unpaired) electrons. The first-order chi connectivity index (χ1) is 14.5. The number of rotatable bonds is 8. The molecule has 0 saturated carbocycles. The van der Waals surface area contributed by atoms with Crippen molar-refractivity contribution in [3.8, 4) is 0 Å². The Bertz CT molecular complexity index is 804. The Morgan fingerprint density at radius 2 is 1.97 bits per heavy atom. The van der Waals surface area contributed by atoms with Crippen LogP contribution in [0.1, 0.15) is 69.4 Å². The van der Waals surface area contributed by atoms with Crippen molar-refractivity contribution in [2.24, 2.45) is 0 Å². The molecule has 0 spiro atoms. The van der Waals surface area contributed by atoms with Gasteiger partial charge in [-0.15, -0.1) is 0 Å². The zero-order chi connectivity index (χ0) is 21.5. The van der Waals surface area contributed by atoms with Gasteiger partial charge in [-0.2, -0.15) is 0 Å². The molecular weight excluding hydrogens is 412 g/mol. The summed E-state index contributed by atoms with van der Waals surface area (Å²) in [5.41, 5.74) is 2.21. The van der Waals surface area contributed by atoms with Gasteiger partial charge in [0.05, 0.1) is 4.91 Å². The monoisotopic (exact) mass is 444 g/mol. The van der Waals surface area contributed by atoms with Gasteiger partial charge in [0.2, 0.25) is 5.91 Å². The van der Waals surface area contributed by atoms with Gasteiger partial charge in [0.1, 0.15) is 4.32 Å². The molecule has 0 N–H and O–H groups in total. The van der Waals surface area contributed by atoms with E-state index in [0.717, 1.165) is 50.6 Å². The van der Waals surface area contributed by atoms with E-state index in [1.807, 2.05) is 37.3 Å². The molecule has 1 aromatic rings. The average Bonchev–Trinajstić information content (AvgIpc) is 3.02. The Hall–Kier alpha value is -1.66. The molecule has 2 saturated heterocycles. The third kappa shape index (κ3) is 5.94. The SMILES string of the molecule is CC[C@@H]1CCCCN1C(=O)CCCCCN1C(=O)/C(=C/c2ccc(C)cc2)SC1=S. The maximum atomic E-state index is 12.7. The Morgan fingerprint density at radius 1 is 1.20 bits per heavy atom. The van der Waals surface area contributed by atoms with Crippen molar-refractivity contribution in [1.82, 2.24) is 9.80 Å². The summed E-state index contributed by atoms with van der Waals surface area (Å²) in [6.07, 6.45) is 9.78. The summed E-state index contributed by atoms with van der Waals surface area (Å²) < 4.78 is 0.633. The van der Waals surface area contributed by atoms with Crippen LogP contribution in [-0.4, -0.2) is 45.1 Å². The van der Waals surface area contributed by atoms with Gasteiger partial charge in [-0.3, -0.25) is 14.5 Å². The van der Waals surface area contributed by atoms with E-state index >= 15 is 0 Å². The Labute approximate surface area is 190 Å². The first-order valence-corrected chi connectivity index (χ1v) is 12.3. The highest BCUT2D eigenvalue weighted by molar-refractivity contribution is 8.26. The van der Waals surface area contributed by atoms with E-state index in [9.17, 15) is 9.59 Å². The molecule has 0 bridgehead atoms. The molecule has 2 aliphatic heterocycles. The zero-order valence-corrected chi connectivity index (χ0v) is 19.7. The molecule has 4 nitrogen and oxygen atoms in total. The van der Waals surface area contributed by atoms with Gasteiger partial charge in [-0.1, -0.05) is 67.2 Å². The van der Waals surface area contributed by atoms with Gasteiger partial charge >= 0.3 is 0 Å². The second-order valence-electron chi connectivity index (χ2n) is 8.20. The molecule has 3 rings (SSSR count). The molecule has 2 fully saturated rings. The number of nitrogens with zero attached hydrogens (tertiary/aromatic N) is 2. The lowest BCUT2D eigenvalue weighted by Crippen LogP contribution is -2.43. The number of thiocarbonyl (C=S) groups is 1. The molecule has 0 aromatic heterocycles. The van der Waals surface area contributed by atoms with Gasteiger partial charge in [-0.25, -0.2) is 0 Å².